The van der Waals surface area contributed by atoms with Gasteiger partial charge in [0, 0.05) is 0 Å². The number of thiophene rings is 1. The molecule has 7 heteroatoms. The first-order valence-corrected chi connectivity index (χ1v) is 11.1. The summed E-state index contributed by atoms with van der Waals surface area (Å²) in [5.74, 6) is 1.03. The molecule has 0 bridgehead atoms. The summed E-state index contributed by atoms with van der Waals surface area (Å²) in [6.45, 7) is 4.50. The number of thiazole rings is 1. The molecule has 1 aliphatic rings. The number of carbonyl (C=O) groups is 1. The van der Waals surface area contributed by atoms with Crippen LogP contribution < -0.4 is 4.90 Å². The highest BCUT2D eigenvalue weighted by molar-refractivity contribution is 7.21. The van der Waals surface area contributed by atoms with Gasteiger partial charge in [0.15, 0.2) is 16.5 Å². The van der Waals surface area contributed by atoms with Gasteiger partial charge in [-0.25, -0.2) is 4.98 Å². The molecule has 0 spiro atoms. The topological polar surface area (TPSA) is 50.8 Å². The van der Waals surface area contributed by atoms with Crippen molar-refractivity contribution in [3.63, 3.8) is 0 Å². The number of fused-ring (bicyclic) bond motifs is 1. The lowest BCUT2D eigenvalue weighted by Gasteiger charge is -2.31. The molecule has 0 atom stereocenters. The Morgan fingerprint density at radius 3 is 2.75 bits per heavy atom. The summed E-state index contributed by atoms with van der Waals surface area (Å²) in [5, 5.41) is 2.93. The maximum atomic E-state index is 12.8. The summed E-state index contributed by atoms with van der Waals surface area (Å²) >= 11 is 3.38. The first-order valence-electron chi connectivity index (χ1n) is 9.37. The average molecular weight is 411 g/mol. The maximum absolute atomic E-state index is 12.8. The Morgan fingerprint density at radius 2 is 1.96 bits per heavy atom. The lowest BCUT2D eigenvalue weighted by Crippen LogP contribution is -3.13. The van der Waals surface area contributed by atoms with Crippen molar-refractivity contribution < 1.29 is 14.1 Å². The monoisotopic (exact) mass is 410 g/mol. The molecule has 142 valence electrons. The van der Waals surface area contributed by atoms with Crippen LogP contribution in [0, 0.1) is 0 Å². The van der Waals surface area contributed by atoms with E-state index in [1.807, 2.05) is 35.2 Å². The minimum atomic E-state index is -0.0254. The molecule has 5 rings (SSSR count). The van der Waals surface area contributed by atoms with Gasteiger partial charge in [-0.1, -0.05) is 18.2 Å². The van der Waals surface area contributed by atoms with Crippen LogP contribution >= 0.6 is 22.7 Å². The molecule has 0 aliphatic carbocycles. The molecule has 0 unspecified atom stereocenters. The highest BCUT2D eigenvalue weighted by Gasteiger charge is 2.27. The molecule has 1 N–H and O–H groups in total. The number of hydrogen-bond donors (Lipinski definition) is 1. The van der Waals surface area contributed by atoms with Gasteiger partial charge in [-0.05, 0) is 35.7 Å². The number of furan rings is 1. The van der Waals surface area contributed by atoms with Crippen LogP contribution in [0.1, 0.15) is 15.4 Å². The van der Waals surface area contributed by atoms with Crippen LogP contribution in [-0.4, -0.2) is 42.0 Å². The molecule has 5 nitrogen and oxygen atoms in total. The van der Waals surface area contributed by atoms with Crippen LogP contribution in [0.15, 0.2) is 58.3 Å². The van der Waals surface area contributed by atoms with Gasteiger partial charge in [-0.3, -0.25) is 4.79 Å². The fourth-order valence-electron chi connectivity index (χ4n) is 3.56. The van der Waals surface area contributed by atoms with E-state index in [2.05, 4.69) is 22.5 Å². The molecule has 1 fully saturated rings. The van der Waals surface area contributed by atoms with Crippen molar-refractivity contribution in [2.75, 3.05) is 26.2 Å². The predicted molar refractivity (Wildman–Crippen MR) is 112 cm³/mol. The molecule has 1 aliphatic heterocycles. The summed E-state index contributed by atoms with van der Waals surface area (Å²) in [7, 11) is 0. The van der Waals surface area contributed by atoms with E-state index in [1.165, 1.54) is 9.78 Å². The van der Waals surface area contributed by atoms with Crippen LogP contribution in [0.3, 0.4) is 0 Å². The van der Waals surface area contributed by atoms with Crippen molar-refractivity contribution in [3.05, 3.63) is 64.5 Å². The van der Waals surface area contributed by atoms with Crippen molar-refractivity contribution in [2.24, 2.45) is 0 Å². The van der Waals surface area contributed by atoms with E-state index in [1.54, 1.807) is 28.7 Å². The zero-order chi connectivity index (χ0) is 18.9. The van der Waals surface area contributed by atoms with Crippen LogP contribution in [0.5, 0.6) is 0 Å². The van der Waals surface area contributed by atoms with Gasteiger partial charge in [0.1, 0.15) is 6.54 Å². The van der Waals surface area contributed by atoms with E-state index in [9.17, 15) is 4.79 Å². The number of nitrogens with one attached hydrogen (secondary N) is 1. The Bertz CT molecular complexity index is 1060. The summed E-state index contributed by atoms with van der Waals surface area (Å²) < 4.78 is 7.00. The van der Waals surface area contributed by atoms with E-state index in [4.69, 9.17) is 4.42 Å². The van der Waals surface area contributed by atoms with Gasteiger partial charge < -0.3 is 14.2 Å². The second-order valence-electron chi connectivity index (χ2n) is 6.95. The molecule has 4 aromatic rings. The Kier molecular flexibility index (Phi) is 4.72. The zero-order valence-corrected chi connectivity index (χ0v) is 16.9. The van der Waals surface area contributed by atoms with Crippen molar-refractivity contribution in [1.29, 1.82) is 0 Å². The van der Waals surface area contributed by atoms with Crippen molar-refractivity contribution in [2.45, 2.75) is 6.54 Å². The first-order chi connectivity index (χ1) is 13.8. The average Bonchev–Trinajstić information content (AvgIpc) is 3.47. The molecular formula is C21H20N3O2S2+. The number of piperazine rings is 1. The van der Waals surface area contributed by atoms with Gasteiger partial charge in [0.2, 0.25) is 0 Å². The molecule has 28 heavy (non-hydrogen) atoms. The lowest BCUT2D eigenvalue weighted by atomic mass is 10.2. The van der Waals surface area contributed by atoms with E-state index in [-0.39, 0.29) is 5.91 Å². The molecule has 1 saturated heterocycles. The lowest BCUT2D eigenvalue weighted by molar-refractivity contribution is -0.917. The largest absolute Gasteiger partial charge is 0.448 e. The second kappa shape index (κ2) is 7.50. The number of para-hydroxylation sites is 1. The Balaban J connectivity index is 1.25. The standard InChI is InChI=1S/C21H19N3O2S2/c25-21(24-11-9-23(10-12-24)14-15-4-3-13-27-15)18-8-7-17(26-18)20-22-16-5-1-2-6-19(16)28-20/h1-8,13H,9-12,14H2/p+1. The minimum absolute atomic E-state index is 0.0254. The smallest absolute Gasteiger partial charge is 0.289 e. The molecular weight excluding hydrogens is 390 g/mol. The number of nitrogens with zero attached hydrogens (tertiary/aromatic N) is 2. The van der Waals surface area contributed by atoms with Crippen molar-refractivity contribution in [3.8, 4) is 10.8 Å². The number of aromatic nitrogens is 1. The number of amides is 1. The van der Waals surface area contributed by atoms with Crippen LogP contribution in [-0.2, 0) is 6.54 Å². The van der Waals surface area contributed by atoms with E-state index < -0.39 is 0 Å². The summed E-state index contributed by atoms with van der Waals surface area (Å²) in [6, 6.07) is 15.9. The van der Waals surface area contributed by atoms with E-state index in [0.29, 0.717) is 11.5 Å². The van der Waals surface area contributed by atoms with Crippen LogP contribution in [0.4, 0.5) is 0 Å². The van der Waals surface area contributed by atoms with Gasteiger partial charge in [-0.2, -0.15) is 0 Å². The number of quaternary nitrogens is 1. The van der Waals surface area contributed by atoms with Crippen LogP contribution in [0.2, 0.25) is 0 Å². The van der Waals surface area contributed by atoms with E-state index >= 15 is 0 Å². The molecule has 3 aromatic heterocycles. The highest BCUT2D eigenvalue weighted by Crippen LogP contribution is 2.31. The van der Waals surface area contributed by atoms with E-state index in [0.717, 1.165) is 47.9 Å². The van der Waals surface area contributed by atoms with Gasteiger partial charge >= 0.3 is 0 Å². The van der Waals surface area contributed by atoms with Gasteiger partial charge in [0.25, 0.3) is 5.91 Å². The molecule has 0 radical (unpaired) electrons. The molecule has 0 saturated carbocycles. The highest BCUT2D eigenvalue weighted by atomic mass is 32.1. The van der Waals surface area contributed by atoms with Gasteiger partial charge in [-0.15, -0.1) is 22.7 Å². The fourth-order valence-corrected chi connectivity index (χ4v) is 5.27. The van der Waals surface area contributed by atoms with Gasteiger partial charge in [0.05, 0.1) is 41.3 Å². The summed E-state index contributed by atoms with van der Waals surface area (Å²) in [5.41, 5.74) is 0.955. The normalized spacial score (nSPS) is 15.4. The Morgan fingerprint density at radius 1 is 1.11 bits per heavy atom. The molecule has 1 amide bonds. The Labute approximate surface area is 170 Å². The number of benzene rings is 1. The van der Waals surface area contributed by atoms with Crippen molar-refractivity contribution in [1.82, 2.24) is 9.88 Å². The SMILES string of the molecule is O=C(c1ccc(-c2nc3ccccc3s2)o1)N1CC[NH+](Cc2cccs2)CC1. The summed E-state index contributed by atoms with van der Waals surface area (Å²) in [4.78, 5) is 22.3. The maximum Gasteiger partial charge on any atom is 0.289 e. The third kappa shape index (κ3) is 3.48. The van der Waals surface area contributed by atoms with Crippen molar-refractivity contribution >= 4 is 38.8 Å². The number of carbonyl (C=O) groups excluding carboxylic acids is 1. The predicted octanol–water partition coefficient (Wildman–Crippen LogP) is 3.16. The molecule has 1 aromatic carbocycles. The van der Waals surface area contributed by atoms with Crippen LogP contribution in [0.25, 0.3) is 21.0 Å². The third-order valence-electron chi connectivity index (χ3n) is 5.08. The summed E-state index contributed by atoms with van der Waals surface area (Å²) in [6.07, 6.45) is 0. The third-order valence-corrected chi connectivity index (χ3v) is 7.01. The first kappa shape index (κ1) is 17.6. The number of rotatable bonds is 4. The number of hydrogen-bond acceptors (Lipinski definition) is 5. The molecule has 4 heterocycles. The second-order valence-corrected chi connectivity index (χ2v) is 9.01. The Hall–Kier alpha value is -2.48. The quantitative estimate of drug-likeness (QED) is 0.562. The fraction of sp³-hybridized carbons (Fsp3) is 0.238. The minimum Gasteiger partial charge on any atom is -0.448 e. The zero-order valence-electron chi connectivity index (χ0n) is 15.3.